The lowest BCUT2D eigenvalue weighted by Gasteiger charge is -2.16. The molecule has 0 atom stereocenters. The quantitative estimate of drug-likeness (QED) is 0.711. The van der Waals surface area contributed by atoms with Crippen LogP contribution in [0.4, 0.5) is 5.69 Å². The molecule has 3 heteroatoms. The maximum absolute atomic E-state index is 10.9. The maximum atomic E-state index is 10.9. The van der Waals surface area contributed by atoms with Gasteiger partial charge in [-0.2, -0.15) is 0 Å². The predicted octanol–water partition coefficient (Wildman–Crippen LogP) is 1.31. The number of anilines is 1. The minimum absolute atomic E-state index is 0.0227. The van der Waals surface area contributed by atoms with Crippen LogP contribution in [0.25, 0.3) is 0 Å². The van der Waals surface area contributed by atoms with E-state index in [1.807, 2.05) is 18.2 Å². The number of nitrogens with one attached hydrogen (secondary N) is 1. The average molecular weight is 189 g/mol. The number of amides is 1. The van der Waals surface area contributed by atoms with E-state index >= 15 is 0 Å². The number of rotatable bonds is 1. The van der Waals surface area contributed by atoms with Crippen molar-refractivity contribution in [1.29, 1.82) is 0 Å². The highest BCUT2D eigenvalue weighted by Crippen LogP contribution is 2.19. The number of carbonyl (C=O) groups is 1. The number of benzene rings is 1. The van der Waals surface area contributed by atoms with Gasteiger partial charge >= 0.3 is 0 Å². The molecule has 1 aliphatic heterocycles. The van der Waals surface area contributed by atoms with Crippen molar-refractivity contribution in [1.82, 2.24) is 5.32 Å². The summed E-state index contributed by atoms with van der Waals surface area (Å²) in [5.74, 6) is -0.0227. The van der Waals surface area contributed by atoms with Crippen LogP contribution >= 0.6 is 0 Å². The highest BCUT2D eigenvalue weighted by atomic mass is 16.1. The van der Waals surface area contributed by atoms with E-state index in [-0.39, 0.29) is 5.91 Å². The van der Waals surface area contributed by atoms with Gasteiger partial charge < -0.3 is 5.32 Å². The molecule has 73 valence electrons. The Labute approximate surface area is 83.5 Å². The van der Waals surface area contributed by atoms with Gasteiger partial charge in [0.25, 0.3) is 0 Å². The first-order valence-corrected chi connectivity index (χ1v) is 4.78. The zero-order valence-electron chi connectivity index (χ0n) is 8.21. The summed E-state index contributed by atoms with van der Waals surface area (Å²) in [5, 5.41) is 7.11. The molecule has 1 aliphatic rings. The van der Waals surface area contributed by atoms with E-state index in [0.717, 1.165) is 25.2 Å². The second-order valence-electron chi connectivity index (χ2n) is 3.52. The summed E-state index contributed by atoms with van der Waals surface area (Å²) in [7, 11) is 0. The van der Waals surface area contributed by atoms with Gasteiger partial charge in [-0.15, -0.1) is 0 Å². The summed E-state index contributed by atoms with van der Waals surface area (Å²) >= 11 is 0. The first-order chi connectivity index (χ1) is 6.75. The summed E-state index contributed by atoms with van der Waals surface area (Å²) in [6.45, 7) is 3.24. The molecule has 2 rings (SSSR count). The first-order valence-electron chi connectivity index (χ1n) is 4.78. The van der Waals surface area contributed by atoms with E-state index in [1.165, 1.54) is 18.1 Å². The van der Waals surface area contributed by atoms with Crippen LogP contribution in [0.2, 0.25) is 0 Å². The Morgan fingerprint density at radius 1 is 1.43 bits per heavy atom. The Bertz CT molecular complexity index is 360. The lowest BCUT2D eigenvalue weighted by Crippen LogP contribution is -2.17. The molecule has 1 N–H and O–H groups in total. The summed E-state index contributed by atoms with van der Waals surface area (Å²) in [4.78, 5) is 10.9. The molecule has 0 spiro atoms. The molecule has 1 aromatic rings. The summed E-state index contributed by atoms with van der Waals surface area (Å²) in [6, 6.07) is 6.02. The van der Waals surface area contributed by atoms with Crippen LogP contribution in [-0.2, 0) is 17.8 Å². The highest BCUT2D eigenvalue weighted by Gasteiger charge is 2.09. The first kappa shape index (κ1) is 9.21. The molecule has 1 aromatic carbocycles. The minimum Gasteiger partial charge on any atom is -0.326 e. The zero-order valence-corrected chi connectivity index (χ0v) is 8.21. The lowest BCUT2D eigenvalue weighted by molar-refractivity contribution is -0.114. The number of nitrogens with zero attached hydrogens (tertiary/aromatic N) is 1. The average Bonchev–Trinajstić information content (AvgIpc) is 2.17. The van der Waals surface area contributed by atoms with Crippen LogP contribution in [0.15, 0.2) is 18.2 Å². The van der Waals surface area contributed by atoms with Crippen molar-refractivity contribution in [2.45, 2.75) is 19.9 Å². The van der Waals surface area contributed by atoms with Crippen molar-refractivity contribution in [2.24, 2.45) is 0 Å². The van der Waals surface area contributed by atoms with Gasteiger partial charge in [0.2, 0.25) is 5.91 Å². The molecule has 0 aromatic heterocycles. The molecule has 1 radical (unpaired) electrons. The molecule has 0 fully saturated rings. The van der Waals surface area contributed by atoms with Crippen molar-refractivity contribution < 1.29 is 4.79 Å². The molecule has 0 aliphatic carbocycles. The fourth-order valence-corrected chi connectivity index (χ4v) is 1.69. The van der Waals surface area contributed by atoms with E-state index in [1.54, 1.807) is 0 Å². The monoisotopic (exact) mass is 189 g/mol. The molecule has 1 amide bonds. The second kappa shape index (κ2) is 3.80. The fraction of sp³-hybridized carbons (Fsp3) is 0.364. The van der Waals surface area contributed by atoms with Crippen molar-refractivity contribution in [3.63, 3.8) is 0 Å². The third-order valence-electron chi connectivity index (χ3n) is 2.35. The Morgan fingerprint density at radius 2 is 2.29 bits per heavy atom. The largest absolute Gasteiger partial charge is 0.326 e. The van der Waals surface area contributed by atoms with Crippen molar-refractivity contribution >= 4 is 11.6 Å². The Balaban J connectivity index is 2.24. The highest BCUT2D eigenvalue weighted by molar-refractivity contribution is 5.88. The van der Waals surface area contributed by atoms with Crippen molar-refractivity contribution in [3.8, 4) is 0 Å². The molecule has 0 bridgehead atoms. The normalized spacial score (nSPS) is 14.6. The van der Waals surface area contributed by atoms with E-state index < -0.39 is 0 Å². The fourth-order valence-electron chi connectivity index (χ4n) is 1.69. The Morgan fingerprint density at radius 3 is 3.07 bits per heavy atom. The van der Waals surface area contributed by atoms with Crippen LogP contribution in [0.5, 0.6) is 0 Å². The van der Waals surface area contributed by atoms with Crippen LogP contribution < -0.4 is 10.6 Å². The molecule has 1 heterocycles. The summed E-state index contributed by atoms with van der Waals surface area (Å²) < 4.78 is 0. The maximum Gasteiger partial charge on any atom is 0.221 e. The standard InChI is InChI=1S/C11H13N2O/c1-8(14)13-11-3-2-10-7-12-5-4-9(10)6-11/h2-3,6H,4-5,7H2,1H3,(H,13,14). The van der Waals surface area contributed by atoms with Crippen molar-refractivity contribution in [2.75, 3.05) is 11.9 Å². The van der Waals surface area contributed by atoms with Gasteiger partial charge in [-0.3, -0.25) is 4.79 Å². The molecule has 0 saturated carbocycles. The van der Waals surface area contributed by atoms with Gasteiger partial charge in [0.1, 0.15) is 0 Å². The summed E-state index contributed by atoms with van der Waals surface area (Å²) in [6.07, 6.45) is 0.989. The predicted molar refractivity (Wildman–Crippen MR) is 55.2 cm³/mol. The Hall–Kier alpha value is -1.35. The van der Waals surface area contributed by atoms with Gasteiger partial charge in [0, 0.05) is 25.7 Å². The molecule has 0 saturated heterocycles. The second-order valence-corrected chi connectivity index (χ2v) is 3.52. The molecule has 14 heavy (non-hydrogen) atoms. The topological polar surface area (TPSA) is 43.2 Å². The smallest absolute Gasteiger partial charge is 0.221 e. The molecular formula is C11H13N2O. The van der Waals surface area contributed by atoms with E-state index in [2.05, 4.69) is 10.6 Å². The van der Waals surface area contributed by atoms with Crippen LogP contribution in [-0.4, -0.2) is 12.5 Å². The number of hydrogen-bond donors (Lipinski definition) is 1. The van der Waals surface area contributed by atoms with Crippen molar-refractivity contribution in [3.05, 3.63) is 29.3 Å². The van der Waals surface area contributed by atoms with Gasteiger partial charge in [0.15, 0.2) is 0 Å². The number of carbonyl (C=O) groups excluding carboxylic acids is 1. The lowest BCUT2D eigenvalue weighted by atomic mass is 10.0. The Kier molecular flexibility index (Phi) is 2.50. The van der Waals surface area contributed by atoms with Crippen LogP contribution in [0.3, 0.4) is 0 Å². The van der Waals surface area contributed by atoms with Crippen LogP contribution in [0, 0.1) is 0 Å². The molecule has 3 nitrogen and oxygen atoms in total. The van der Waals surface area contributed by atoms with Crippen LogP contribution in [0.1, 0.15) is 18.1 Å². The van der Waals surface area contributed by atoms with E-state index in [9.17, 15) is 4.79 Å². The third kappa shape index (κ3) is 1.93. The van der Waals surface area contributed by atoms with Gasteiger partial charge in [-0.05, 0) is 29.7 Å². The van der Waals surface area contributed by atoms with E-state index in [4.69, 9.17) is 0 Å². The van der Waals surface area contributed by atoms with Gasteiger partial charge in [-0.1, -0.05) is 6.07 Å². The SMILES string of the molecule is CC(=O)Nc1ccc2c(c1)CC[N]C2. The minimum atomic E-state index is -0.0227. The summed E-state index contributed by atoms with van der Waals surface area (Å²) in [5.41, 5.74) is 3.48. The molecular weight excluding hydrogens is 176 g/mol. The third-order valence-corrected chi connectivity index (χ3v) is 2.35. The number of hydrogen-bond acceptors (Lipinski definition) is 1. The van der Waals surface area contributed by atoms with Gasteiger partial charge in [0.05, 0.1) is 0 Å². The number of fused-ring (bicyclic) bond motifs is 1. The zero-order chi connectivity index (χ0) is 9.97. The van der Waals surface area contributed by atoms with E-state index in [0.29, 0.717) is 0 Å². The molecule has 0 unspecified atom stereocenters. The van der Waals surface area contributed by atoms with Gasteiger partial charge in [-0.25, -0.2) is 5.32 Å².